The van der Waals surface area contributed by atoms with Crippen molar-refractivity contribution in [1.82, 2.24) is 0 Å². The van der Waals surface area contributed by atoms with Gasteiger partial charge in [0.25, 0.3) is 5.91 Å². The molecule has 0 aromatic heterocycles. The van der Waals surface area contributed by atoms with Crippen molar-refractivity contribution in [2.45, 2.75) is 13.8 Å². The topological polar surface area (TPSA) is 38.3 Å². The van der Waals surface area contributed by atoms with Crippen LogP contribution in [0.4, 0.5) is 10.1 Å². The lowest BCUT2D eigenvalue weighted by Gasteiger charge is -2.09. The third kappa shape index (κ3) is 3.82. The third-order valence-corrected chi connectivity index (χ3v) is 2.76. The number of carbonyl (C=O) groups is 1. The minimum absolute atomic E-state index is 0.156. The molecule has 2 aromatic rings. The van der Waals surface area contributed by atoms with Crippen LogP contribution in [0.5, 0.6) is 5.75 Å². The Morgan fingerprint density at radius 1 is 1.15 bits per heavy atom. The molecule has 0 fully saturated rings. The Labute approximate surface area is 117 Å². The van der Waals surface area contributed by atoms with Crippen LogP contribution in [0, 0.1) is 19.7 Å². The zero-order valence-electron chi connectivity index (χ0n) is 11.4. The Balaban J connectivity index is 1.92. The minimum Gasteiger partial charge on any atom is -0.484 e. The first kappa shape index (κ1) is 14.1. The Morgan fingerprint density at radius 3 is 2.60 bits per heavy atom. The van der Waals surface area contributed by atoms with Crippen LogP contribution in [0.1, 0.15) is 11.1 Å². The van der Waals surface area contributed by atoms with Crippen LogP contribution in [0.15, 0.2) is 42.5 Å². The van der Waals surface area contributed by atoms with Gasteiger partial charge in [-0.1, -0.05) is 18.2 Å². The molecule has 0 aliphatic carbocycles. The van der Waals surface area contributed by atoms with Gasteiger partial charge in [-0.3, -0.25) is 4.79 Å². The molecule has 104 valence electrons. The van der Waals surface area contributed by atoms with Gasteiger partial charge in [-0.05, 0) is 49.2 Å². The summed E-state index contributed by atoms with van der Waals surface area (Å²) in [5, 5.41) is 2.48. The normalized spacial score (nSPS) is 10.2. The maximum Gasteiger partial charge on any atom is 0.262 e. The largest absolute Gasteiger partial charge is 0.484 e. The number of hydrogen-bond acceptors (Lipinski definition) is 2. The molecule has 2 rings (SSSR count). The number of benzene rings is 2. The van der Waals surface area contributed by atoms with E-state index < -0.39 is 11.7 Å². The standard InChI is InChI=1S/C16H16FNO2/c1-11-4-3-5-13(8-11)20-10-16(19)18-15-7-6-12(2)9-14(15)17/h3-9H,10H2,1-2H3,(H,18,19). The van der Waals surface area contributed by atoms with Gasteiger partial charge >= 0.3 is 0 Å². The van der Waals surface area contributed by atoms with E-state index in [0.29, 0.717) is 5.75 Å². The molecule has 1 N–H and O–H groups in total. The van der Waals surface area contributed by atoms with E-state index in [1.807, 2.05) is 25.1 Å². The van der Waals surface area contributed by atoms with Gasteiger partial charge in [-0.15, -0.1) is 0 Å². The van der Waals surface area contributed by atoms with Crippen LogP contribution in [0.3, 0.4) is 0 Å². The van der Waals surface area contributed by atoms with E-state index in [0.717, 1.165) is 11.1 Å². The molecule has 0 heterocycles. The first-order valence-corrected chi connectivity index (χ1v) is 6.30. The number of carbonyl (C=O) groups excluding carboxylic acids is 1. The number of hydrogen-bond donors (Lipinski definition) is 1. The SMILES string of the molecule is Cc1cccc(OCC(=O)Nc2ccc(C)cc2F)c1. The molecule has 1 amide bonds. The van der Waals surface area contributed by atoms with Crippen molar-refractivity contribution in [1.29, 1.82) is 0 Å². The van der Waals surface area contributed by atoms with Crippen LogP contribution in [-0.4, -0.2) is 12.5 Å². The average Bonchev–Trinajstić information content (AvgIpc) is 2.40. The molecule has 0 aliphatic heterocycles. The number of ether oxygens (including phenoxy) is 1. The second-order valence-corrected chi connectivity index (χ2v) is 4.64. The zero-order chi connectivity index (χ0) is 14.5. The highest BCUT2D eigenvalue weighted by molar-refractivity contribution is 5.92. The second-order valence-electron chi connectivity index (χ2n) is 4.64. The van der Waals surface area contributed by atoms with Gasteiger partial charge < -0.3 is 10.1 Å². The Bertz CT molecular complexity index is 626. The van der Waals surface area contributed by atoms with Gasteiger partial charge in [0.15, 0.2) is 6.61 Å². The lowest BCUT2D eigenvalue weighted by molar-refractivity contribution is -0.118. The summed E-state index contributed by atoms with van der Waals surface area (Å²) >= 11 is 0. The second kappa shape index (κ2) is 6.19. The quantitative estimate of drug-likeness (QED) is 0.926. The van der Waals surface area contributed by atoms with E-state index in [9.17, 15) is 9.18 Å². The van der Waals surface area contributed by atoms with E-state index >= 15 is 0 Å². The molecule has 0 bridgehead atoms. The molecule has 0 aliphatic rings. The van der Waals surface area contributed by atoms with Crippen LogP contribution < -0.4 is 10.1 Å². The molecule has 0 saturated heterocycles. The summed E-state index contributed by atoms with van der Waals surface area (Å²) in [6.45, 7) is 3.57. The highest BCUT2D eigenvalue weighted by Crippen LogP contribution is 2.16. The fourth-order valence-corrected chi connectivity index (χ4v) is 1.76. The fourth-order valence-electron chi connectivity index (χ4n) is 1.76. The number of halogens is 1. The van der Waals surface area contributed by atoms with Crippen LogP contribution >= 0.6 is 0 Å². The van der Waals surface area contributed by atoms with Gasteiger partial charge in [-0.25, -0.2) is 4.39 Å². The Kier molecular flexibility index (Phi) is 4.35. The third-order valence-electron chi connectivity index (χ3n) is 2.76. The van der Waals surface area contributed by atoms with Crippen molar-refractivity contribution in [3.63, 3.8) is 0 Å². The summed E-state index contributed by atoms with van der Waals surface area (Å²) in [5.41, 5.74) is 2.01. The summed E-state index contributed by atoms with van der Waals surface area (Å²) in [7, 11) is 0. The van der Waals surface area contributed by atoms with Gasteiger partial charge in [0.05, 0.1) is 5.69 Å². The Hall–Kier alpha value is -2.36. The van der Waals surface area contributed by atoms with Gasteiger partial charge in [0, 0.05) is 0 Å². The number of nitrogens with one attached hydrogen (secondary N) is 1. The number of aryl methyl sites for hydroxylation is 2. The molecule has 2 aromatic carbocycles. The smallest absolute Gasteiger partial charge is 0.262 e. The first-order chi connectivity index (χ1) is 9.54. The minimum atomic E-state index is -0.450. The summed E-state index contributed by atoms with van der Waals surface area (Å²) < 4.78 is 18.9. The summed E-state index contributed by atoms with van der Waals surface area (Å²) in [6.07, 6.45) is 0. The summed E-state index contributed by atoms with van der Waals surface area (Å²) in [4.78, 5) is 11.7. The molecule has 20 heavy (non-hydrogen) atoms. The lowest BCUT2D eigenvalue weighted by atomic mass is 10.2. The maximum absolute atomic E-state index is 13.6. The molecule has 0 unspecified atom stereocenters. The molecule has 4 heteroatoms. The first-order valence-electron chi connectivity index (χ1n) is 6.30. The van der Waals surface area contributed by atoms with Crippen molar-refractivity contribution in [2.24, 2.45) is 0 Å². The van der Waals surface area contributed by atoms with Crippen molar-refractivity contribution in [2.75, 3.05) is 11.9 Å². The summed E-state index contributed by atoms with van der Waals surface area (Å²) in [5.74, 6) is -0.229. The van der Waals surface area contributed by atoms with Gasteiger partial charge in [-0.2, -0.15) is 0 Å². The number of rotatable bonds is 4. The molecule has 0 radical (unpaired) electrons. The number of amides is 1. The van der Waals surface area contributed by atoms with Crippen molar-refractivity contribution in [3.8, 4) is 5.75 Å². The Morgan fingerprint density at radius 2 is 1.90 bits per heavy atom. The summed E-state index contributed by atoms with van der Waals surface area (Å²) in [6, 6.07) is 12.0. The van der Waals surface area contributed by atoms with Crippen molar-refractivity contribution < 1.29 is 13.9 Å². The molecular weight excluding hydrogens is 257 g/mol. The maximum atomic E-state index is 13.6. The molecule has 0 atom stereocenters. The van der Waals surface area contributed by atoms with E-state index in [-0.39, 0.29) is 12.3 Å². The highest BCUT2D eigenvalue weighted by Gasteiger charge is 2.07. The van der Waals surface area contributed by atoms with Crippen LogP contribution in [0.25, 0.3) is 0 Å². The van der Waals surface area contributed by atoms with Crippen LogP contribution in [-0.2, 0) is 4.79 Å². The molecule has 0 saturated carbocycles. The monoisotopic (exact) mass is 273 g/mol. The van der Waals surface area contributed by atoms with E-state index in [4.69, 9.17) is 4.74 Å². The van der Waals surface area contributed by atoms with Crippen molar-refractivity contribution >= 4 is 11.6 Å². The average molecular weight is 273 g/mol. The predicted molar refractivity (Wildman–Crippen MR) is 76.4 cm³/mol. The van der Waals surface area contributed by atoms with Crippen LogP contribution in [0.2, 0.25) is 0 Å². The highest BCUT2D eigenvalue weighted by atomic mass is 19.1. The fraction of sp³-hybridized carbons (Fsp3) is 0.188. The van der Waals surface area contributed by atoms with Gasteiger partial charge in [0.2, 0.25) is 0 Å². The van der Waals surface area contributed by atoms with E-state index in [1.165, 1.54) is 12.1 Å². The van der Waals surface area contributed by atoms with E-state index in [2.05, 4.69) is 5.32 Å². The molecule has 3 nitrogen and oxygen atoms in total. The molecular formula is C16H16FNO2. The van der Waals surface area contributed by atoms with Gasteiger partial charge in [0.1, 0.15) is 11.6 Å². The molecule has 0 spiro atoms. The zero-order valence-corrected chi connectivity index (χ0v) is 11.4. The lowest BCUT2D eigenvalue weighted by Crippen LogP contribution is -2.20. The number of anilines is 1. The van der Waals surface area contributed by atoms with Crippen molar-refractivity contribution in [3.05, 3.63) is 59.4 Å². The predicted octanol–water partition coefficient (Wildman–Crippen LogP) is 3.46. The van der Waals surface area contributed by atoms with E-state index in [1.54, 1.807) is 19.1 Å².